The maximum Gasteiger partial charge on any atom is 0.395 e. The minimum atomic E-state index is -1.10. The van der Waals surface area contributed by atoms with Gasteiger partial charge in [-0.1, -0.05) is 0 Å². The molecule has 0 spiro atoms. The van der Waals surface area contributed by atoms with E-state index in [4.69, 9.17) is 13.9 Å². The number of H-pyrrole nitrogens is 1. The lowest BCUT2D eigenvalue weighted by Crippen LogP contribution is -1.97. The summed E-state index contributed by atoms with van der Waals surface area (Å²) in [5, 5.41) is 0. The number of aromatic amines is 1. The van der Waals surface area contributed by atoms with Crippen LogP contribution in [0.5, 0.6) is 11.5 Å². The van der Waals surface area contributed by atoms with Gasteiger partial charge in [-0.2, -0.15) is 0 Å². The molecule has 0 amide bonds. The zero-order valence-electron chi connectivity index (χ0n) is 11.8. The van der Waals surface area contributed by atoms with Gasteiger partial charge in [0.15, 0.2) is 5.58 Å². The number of furan rings is 1. The first-order valence-electron chi connectivity index (χ1n) is 6.34. The van der Waals surface area contributed by atoms with Crippen LogP contribution in [0.1, 0.15) is 10.5 Å². The van der Waals surface area contributed by atoms with Gasteiger partial charge in [0.25, 0.3) is 0 Å². The number of fused-ring (bicyclic) bond motifs is 1. The van der Waals surface area contributed by atoms with E-state index < -0.39 is 5.97 Å². The summed E-state index contributed by atoms with van der Waals surface area (Å²) < 4.78 is 28.1. The van der Waals surface area contributed by atoms with Gasteiger partial charge in [0.05, 0.1) is 25.3 Å². The number of methoxy groups -OCH3 is 2. The maximum absolute atomic E-state index is 11.9. The second kappa shape index (κ2) is 5.44. The first-order valence-corrected chi connectivity index (χ1v) is 6.34. The van der Waals surface area contributed by atoms with Crippen LogP contribution < -0.4 is 9.47 Å². The van der Waals surface area contributed by atoms with Crippen molar-refractivity contribution in [3.63, 3.8) is 0 Å². The lowest BCUT2D eigenvalue weighted by Gasteiger charge is -2.08. The van der Waals surface area contributed by atoms with E-state index in [-0.39, 0.29) is 5.69 Å². The highest BCUT2D eigenvalue weighted by molar-refractivity contribution is 5.94. The molecule has 0 aliphatic heterocycles. The average molecular weight is 305 g/mol. The summed E-state index contributed by atoms with van der Waals surface area (Å²) in [5.74, 6) is 0.683. The smallest absolute Gasteiger partial charge is 0.395 e. The molecule has 0 aliphatic carbocycles. The highest BCUT2D eigenvalue weighted by Gasteiger charge is 2.17. The van der Waals surface area contributed by atoms with Crippen molar-refractivity contribution in [2.45, 2.75) is 0 Å². The van der Waals surface area contributed by atoms with E-state index in [1.54, 1.807) is 38.5 Å². The molecule has 0 atom stereocenters. The Morgan fingerprint density at radius 3 is 2.64 bits per heavy atom. The van der Waals surface area contributed by atoms with Crippen LogP contribution in [0.4, 0.5) is 4.53 Å². The molecule has 7 heteroatoms. The van der Waals surface area contributed by atoms with Crippen molar-refractivity contribution >= 4 is 17.1 Å². The number of nitrogens with one attached hydrogen (secondary N) is 1. The molecule has 0 radical (unpaired) electrons. The van der Waals surface area contributed by atoms with Crippen molar-refractivity contribution in [3.8, 4) is 22.8 Å². The topological polar surface area (TPSA) is 73.7 Å². The Labute approximate surface area is 124 Å². The Morgan fingerprint density at radius 2 is 2.00 bits per heavy atom. The fraction of sp³-hybridized carbons (Fsp3) is 0.133. The molecule has 0 unspecified atom stereocenters. The molecule has 3 rings (SSSR count). The first-order chi connectivity index (χ1) is 10.7. The van der Waals surface area contributed by atoms with Crippen LogP contribution in [-0.4, -0.2) is 25.2 Å². The van der Waals surface area contributed by atoms with Gasteiger partial charge in [-0.05, 0) is 18.2 Å². The molecule has 0 saturated carbocycles. The molecule has 3 aromatic rings. The molecule has 2 heterocycles. The van der Waals surface area contributed by atoms with Gasteiger partial charge < -0.3 is 18.9 Å². The monoisotopic (exact) mass is 305 g/mol. The van der Waals surface area contributed by atoms with Crippen molar-refractivity contribution in [2.24, 2.45) is 0 Å². The van der Waals surface area contributed by atoms with Crippen LogP contribution in [0, 0.1) is 0 Å². The van der Waals surface area contributed by atoms with Gasteiger partial charge in [-0.15, -0.1) is 0 Å². The highest BCUT2D eigenvalue weighted by Crippen LogP contribution is 2.36. The van der Waals surface area contributed by atoms with Crippen LogP contribution in [-0.2, 0) is 4.94 Å². The number of ether oxygens (including phenoxy) is 2. The van der Waals surface area contributed by atoms with E-state index in [0.717, 1.165) is 0 Å². The molecule has 22 heavy (non-hydrogen) atoms. The number of halogens is 1. The Hall–Kier alpha value is -2.96. The Kier molecular flexibility index (Phi) is 3.46. The summed E-state index contributed by atoms with van der Waals surface area (Å²) in [7, 11) is 3.11. The lowest BCUT2D eigenvalue weighted by molar-refractivity contribution is -0.0792. The number of hydrogen-bond acceptors (Lipinski definition) is 5. The second-order valence-electron chi connectivity index (χ2n) is 4.50. The molecule has 0 aliphatic rings. The van der Waals surface area contributed by atoms with Crippen molar-refractivity contribution in [1.29, 1.82) is 0 Å². The molecule has 0 saturated heterocycles. The van der Waals surface area contributed by atoms with E-state index in [1.807, 2.05) is 0 Å². The molecule has 1 aromatic carbocycles. The van der Waals surface area contributed by atoms with E-state index in [1.165, 1.54) is 6.07 Å². The lowest BCUT2D eigenvalue weighted by atomic mass is 10.1. The third kappa shape index (κ3) is 2.26. The molecular weight excluding hydrogens is 293 g/mol. The number of carbonyl (C=O) groups excluding carboxylic acids is 1. The average Bonchev–Trinajstić information content (AvgIpc) is 3.12. The normalized spacial score (nSPS) is 10.7. The fourth-order valence-corrected chi connectivity index (χ4v) is 2.21. The van der Waals surface area contributed by atoms with Gasteiger partial charge in [-0.25, -0.2) is 9.74 Å². The van der Waals surface area contributed by atoms with Gasteiger partial charge in [0.2, 0.25) is 0 Å². The van der Waals surface area contributed by atoms with E-state index in [2.05, 4.69) is 9.93 Å². The molecule has 2 aromatic heterocycles. The van der Waals surface area contributed by atoms with E-state index in [9.17, 15) is 9.32 Å². The Balaban J connectivity index is 2.07. The van der Waals surface area contributed by atoms with Gasteiger partial charge in [0, 0.05) is 16.7 Å². The van der Waals surface area contributed by atoms with Crippen molar-refractivity contribution < 1.29 is 28.2 Å². The van der Waals surface area contributed by atoms with Crippen LogP contribution in [0.25, 0.3) is 22.4 Å². The van der Waals surface area contributed by atoms with Gasteiger partial charge in [0.1, 0.15) is 23.0 Å². The maximum atomic E-state index is 11.9. The zero-order chi connectivity index (χ0) is 15.7. The standard InChI is InChI=1S/C15H12FNO5/c1-19-8-3-4-12(20-2)9(5-8)13-6-10-14(21-13)7-11(17-10)15(18)22-16/h3-7,17H,1-2H3. The van der Waals surface area contributed by atoms with Gasteiger partial charge in [-0.3, -0.25) is 0 Å². The van der Waals surface area contributed by atoms with E-state index >= 15 is 0 Å². The van der Waals surface area contributed by atoms with Crippen LogP contribution >= 0.6 is 0 Å². The molecule has 6 nitrogen and oxygen atoms in total. The molecule has 0 fully saturated rings. The summed E-state index contributed by atoms with van der Waals surface area (Å²) in [4.78, 5) is 17.0. The third-order valence-electron chi connectivity index (χ3n) is 3.27. The molecule has 1 N–H and O–H groups in total. The quantitative estimate of drug-likeness (QED) is 0.798. The molecule has 0 bridgehead atoms. The van der Waals surface area contributed by atoms with Gasteiger partial charge >= 0.3 is 5.97 Å². The minimum Gasteiger partial charge on any atom is -0.497 e. The Bertz CT molecular complexity index is 804. The van der Waals surface area contributed by atoms with Crippen molar-refractivity contribution in [2.75, 3.05) is 14.2 Å². The first kappa shape index (κ1) is 14.0. The molecular formula is C15H12FNO5. The van der Waals surface area contributed by atoms with Crippen molar-refractivity contribution in [1.82, 2.24) is 4.98 Å². The van der Waals surface area contributed by atoms with Crippen LogP contribution in [0.3, 0.4) is 0 Å². The summed E-state index contributed by atoms with van der Waals surface area (Å²) in [6.45, 7) is 0. The summed E-state index contributed by atoms with van der Waals surface area (Å²) in [6, 6.07) is 8.35. The number of carbonyl (C=O) groups is 1. The predicted octanol–water partition coefficient (Wildman–Crippen LogP) is 3.49. The SMILES string of the molecule is COc1ccc(OC)c(-c2cc3[nH]c(C(=O)OF)cc3o2)c1. The van der Waals surface area contributed by atoms with Crippen LogP contribution in [0.15, 0.2) is 34.7 Å². The zero-order valence-corrected chi connectivity index (χ0v) is 11.8. The number of rotatable bonds is 4. The third-order valence-corrected chi connectivity index (χ3v) is 3.27. The highest BCUT2D eigenvalue weighted by atomic mass is 19.3. The van der Waals surface area contributed by atoms with Crippen LogP contribution in [0.2, 0.25) is 0 Å². The van der Waals surface area contributed by atoms with Crippen molar-refractivity contribution in [3.05, 3.63) is 36.0 Å². The number of benzene rings is 1. The second-order valence-corrected chi connectivity index (χ2v) is 4.50. The fourth-order valence-electron chi connectivity index (χ4n) is 2.21. The predicted molar refractivity (Wildman–Crippen MR) is 75.6 cm³/mol. The largest absolute Gasteiger partial charge is 0.497 e. The Morgan fingerprint density at radius 1 is 1.18 bits per heavy atom. The number of aromatic nitrogens is 1. The van der Waals surface area contributed by atoms with E-state index in [0.29, 0.717) is 33.9 Å². The molecule has 114 valence electrons. The summed E-state index contributed by atoms with van der Waals surface area (Å²) >= 11 is 0. The minimum absolute atomic E-state index is 0.0274. The summed E-state index contributed by atoms with van der Waals surface area (Å²) in [6.07, 6.45) is 0. The number of hydrogen-bond donors (Lipinski definition) is 1. The summed E-state index contributed by atoms with van der Waals surface area (Å²) in [5.41, 5.74) is 1.61.